The first kappa shape index (κ1) is 23.4. The van der Waals surface area contributed by atoms with Crippen molar-refractivity contribution in [1.29, 1.82) is 0 Å². The lowest BCUT2D eigenvalue weighted by Gasteiger charge is -2.29. The van der Waals surface area contributed by atoms with Crippen molar-refractivity contribution in [2.24, 2.45) is 0 Å². The molecule has 0 unspecified atom stereocenters. The predicted molar refractivity (Wildman–Crippen MR) is 135 cm³/mol. The Balaban J connectivity index is 1.38. The van der Waals surface area contributed by atoms with Crippen molar-refractivity contribution in [3.63, 3.8) is 0 Å². The Morgan fingerprint density at radius 3 is 2.83 bits per heavy atom. The van der Waals surface area contributed by atoms with Gasteiger partial charge < -0.3 is 24.8 Å². The van der Waals surface area contributed by atoms with Gasteiger partial charge in [-0.1, -0.05) is 18.2 Å². The Bertz CT molecular complexity index is 1180. The number of halogens is 1. The topological polar surface area (TPSA) is 71.4 Å². The number of hydrogen-bond acceptors (Lipinski definition) is 4. The second-order valence-electron chi connectivity index (χ2n) is 8.82. The first-order chi connectivity index (χ1) is 17.1. The molecule has 0 saturated carbocycles. The maximum Gasteiger partial charge on any atom is 0.226 e. The molecule has 4 heterocycles. The average Bonchev–Trinajstić information content (AvgIpc) is 3.61. The predicted octanol–water partition coefficient (Wildman–Crippen LogP) is 4.20. The van der Waals surface area contributed by atoms with Crippen LogP contribution >= 0.6 is 12.2 Å². The van der Waals surface area contributed by atoms with Gasteiger partial charge in [0.1, 0.15) is 5.82 Å². The zero-order chi connectivity index (χ0) is 24.2. The summed E-state index contributed by atoms with van der Waals surface area (Å²) in [6, 6.07) is 15.8. The van der Waals surface area contributed by atoms with Crippen molar-refractivity contribution in [1.82, 2.24) is 19.8 Å². The number of amides is 1. The highest BCUT2D eigenvalue weighted by atomic mass is 32.1. The lowest BCUT2D eigenvalue weighted by atomic mass is 10.0. The standard InChI is InChI=1S/C26H28FN5O2S/c27-19-8-1-2-9-20(19)29-23(33)12-15-32-25(24(30-26(32)35)21-10-3-4-13-28-21)22-11-5-14-31(22)17-18-7-6-16-34-18/h1-5,8-11,13-14,18,24-25H,6-7,12,15-17H2,(H,29,33)(H,30,35)/t18-,24-,25+/m0/s1. The Labute approximate surface area is 209 Å². The summed E-state index contributed by atoms with van der Waals surface area (Å²) < 4.78 is 22.1. The van der Waals surface area contributed by atoms with E-state index in [-0.39, 0.29) is 36.2 Å². The van der Waals surface area contributed by atoms with E-state index < -0.39 is 5.82 Å². The summed E-state index contributed by atoms with van der Waals surface area (Å²) in [7, 11) is 0. The summed E-state index contributed by atoms with van der Waals surface area (Å²) in [5.74, 6) is -0.730. The first-order valence-corrected chi connectivity index (χ1v) is 12.3. The molecule has 0 radical (unpaired) electrons. The molecule has 2 N–H and O–H groups in total. The molecule has 2 fully saturated rings. The minimum absolute atomic E-state index is 0.157. The molecule has 35 heavy (non-hydrogen) atoms. The van der Waals surface area contributed by atoms with Crippen LogP contribution in [-0.4, -0.2) is 44.7 Å². The molecular weight excluding hydrogens is 465 g/mol. The molecule has 9 heteroatoms. The van der Waals surface area contributed by atoms with Crippen LogP contribution in [0.5, 0.6) is 0 Å². The maximum absolute atomic E-state index is 14.0. The number of carbonyl (C=O) groups excluding carboxylic acids is 1. The molecule has 0 bridgehead atoms. The molecule has 2 aromatic heterocycles. The first-order valence-electron chi connectivity index (χ1n) is 11.9. The lowest BCUT2D eigenvalue weighted by Crippen LogP contribution is -2.33. The fraction of sp³-hybridized carbons (Fsp3) is 0.346. The van der Waals surface area contributed by atoms with Gasteiger partial charge in [-0.2, -0.15) is 0 Å². The number of nitrogens with one attached hydrogen (secondary N) is 2. The molecule has 1 amide bonds. The van der Waals surface area contributed by atoms with E-state index in [1.54, 1.807) is 24.4 Å². The van der Waals surface area contributed by atoms with Gasteiger partial charge >= 0.3 is 0 Å². The third kappa shape index (κ3) is 5.21. The Kier molecular flexibility index (Phi) is 7.06. The number of rotatable bonds is 8. The van der Waals surface area contributed by atoms with E-state index in [0.29, 0.717) is 11.7 Å². The number of nitrogens with zero attached hydrogens (tertiary/aromatic N) is 3. The van der Waals surface area contributed by atoms with Crippen LogP contribution in [0.3, 0.4) is 0 Å². The Hall–Kier alpha value is -3.30. The van der Waals surface area contributed by atoms with Gasteiger partial charge in [0.25, 0.3) is 0 Å². The molecule has 7 nitrogen and oxygen atoms in total. The number of carbonyl (C=O) groups is 1. The molecule has 2 aliphatic heterocycles. The van der Waals surface area contributed by atoms with Crippen molar-refractivity contribution < 1.29 is 13.9 Å². The largest absolute Gasteiger partial charge is 0.376 e. The van der Waals surface area contributed by atoms with Crippen molar-refractivity contribution in [3.05, 3.63) is 84.2 Å². The summed E-state index contributed by atoms with van der Waals surface area (Å²) in [6.07, 6.45) is 6.31. The monoisotopic (exact) mass is 493 g/mol. The minimum Gasteiger partial charge on any atom is -0.376 e. The van der Waals surface area contributed by atoms with Crippen LogP contribution in [0.25, 0.3) is 0 Å². The quantitative estimate of drug-likeness (QED) is 0.459. The zero-order valence-corrected chi connectivity index (χ0v) is 20.1. The van der Waals surface area contributed by atoms with Crippen molar-refractivity contribution in [3.8, 4) is 0 Å². The van der Waals surface area contributed by atoms with Crippen LogP contribution in [0, 0.1) is 5.82 Å². The fourth-order valence-corrected chi connectivity index (χ4v) is 5.17. The Morgan fingerprint density at radius 1 is 1.20 bits per heavy atom. The SMILES string of the molecule is O=C(CCN1C(=S)N[C@@H](c2ccccn2)[C@H]1c1cccn1C[C@@H]1CCCO1)Nc1ccccc1F. The highest BCUT2D eigenvalue weighted by molar-refractivity contribution is 7.80. The molecule has 2 aliphatic rings. The van der Waals surface area contributed by atoms with Gasteiger partial charge in [-0.05, 0) is 61.5 Å². The molecule has 182 valence electrons. The maximum atomic E-state index is 14.0. The van der Waals surface area contributed by atoms with Crippen molar-refractivity contribution in [2.75, 3.05) is 18.5 Å². The van der Waals surface area contributed by atoms with Crippen molar-refractivity contribution >= 4 is 28.9 Å². The molecule has 0 spiro atoms. The number of benzene rings is 1. The van der Waals surface area contributed by atoms with Gasteiger partial charge in [0.2, 0.25) is 5.91 Å². The number of pyridine rings is 1. The lowest BCUT2D eigenvalue weighted by molar-refractivity contribution is -0.116. The third-order valence-corrected chi connectivity index (χ3v) is 6.87. The van der Waals surface area contributed by atoms with E-state index in [0.717, 1.165) is 37.4 Å². The van der Waals surface area contributed by atoms with E-state index in [9.17, 15) is 9.18 Å². The summed E-state index contributed by atoms with van der Waals surface area (Å²) in [6.45, 7) is 1.95. The number of ether oxygens (including phenoxy) is 1. The molecular formula is C26H28FN5O2S. The third-order valence-electron chi connectivity index (χ3n) is 6.52. The van der Waals surface area contributed by atoms with Crippen LogP contribution in [0.15, 0.2) is 67.0 Å². The summed E-state index contributed by atoms with van der Waals surface area (Å²) >= 11 is 5.72. The van der Waals surface area contributed by atoms with E-state index in [2.05, 4.69) is 32.4 Å². The van der Waals surface area contributed by atoms with E-state index >= 15 is 0 Å². The zero-order valence-electron chi connectivity index (χ0n) is 19.3. The van der Waals surface area contributed by atoms with E-state index in [4.69, 9.17) is 17.0 Å². The second kappa shape index (κ2) is 10.5. The number of thiocarbonyl (C=S) groups is 1. The van der Waals surface area contributed by atoms with Gasteiger partial charge in [0.15, 0.2) is 5.11 Å². The van der Waals surface area contributed by atoms with Crippen LogP contribution in [0.1, 0.15) is 42.7 Å². The smallest absolute Gasteiger partial charge is 0.226 e. The highest BCUT2D eigenvalue weighted by Gasteiger charge is 2.41. The molecule has 3 aromatic rings. The van der Waals surface area contributed by atoms with Crippen LogP contribution in [-0.2, 0) is 16.1 Å². The summed E-state index contributed by atoms with van der Waals surface area (Å²) in [4.78, 5) is 19.3. The number of aromatic nitrogens is 2. The van der Waals surface area contributed by atoms with Crippen LogP contribution in [0.2, 0.25) is 0 Å². The summed E-state index contributed by atoms with van der Waals surface area (Å²) in [5, 5.41) is 6.65. The molecule has 0 aliphatic carbocycles. The van der Waals surface area contributed by atoms with Gasteiger partial charge in [-0.3, -0.25) is 9.78 Å². The van der Waals surface area contributed by atoms with E-state index in [1.165, 1.54) is 6.07 Å². The summed E-state index contributed by atoms with van der Waals surface area (Å²) in [5.41, 5.74) is 2.13. The second-order valence-corrected chi connectivity index (χ2v) is 9.21. The number of anilines is 1. The number of para-hydroxylation sites is 1. The fourth-order valence-electron chi connectivity index (χ4n) is 4.83. The van der Waals surface area contributed by atoms with Gasteiger partial charge in [0, 0.05) is 44.2 Å². The molecule has 3 atom stereocenters. The molecule has 1 aromatic carbocycles. The van der Waals surface area contributed by atoms with Crippen LogP contribution < -0.4 is 10.6 Å². The molecule has 2 saturated heterocycles. The van der Waals surface area contributed by atoms with Crippen LogP contribution in [0.4, 0.5) is 10.1 Å². The average molecular weight is 494 g/mol. The van der Waals surface area contributed by atoms with Gasteiger partial charge in [-0.15, -0.1) is 0 Å². The highest BCUT2D eigenvalue weighted by Crippen LogP contribution is 2.39. The minimum atomic E-state index is -0.459. The number of hydrogen-bond donors (Lipinski definition) is 2. The van der Waals surface area contributed by atoms with E-state index in [1.807, 2.05) is 29.2 Å². The normalized spacial score (nSPS) is 21.8. The van der Waals surface area contributed by atoms with Gasteiger partial charge in [-0.25, -0.2) is 4.39 Å². The molecule has 5 rings (SSSR count). The van der Waals surface area contributed by atoms with Crippen molar-refractivity contribution in [2.45, 2.75) is 44.0 Å². The van der Waals surface area contributed by atoms with Gasteiger partial charge in [0.05, 0.1) is 29.6 Å². The Morgan fingerprint density at radius 2 is 2.06 bits per heavy atom.